The fourth-order valence-corrected chi connectivity index (χ4v) is 6.04. The van der Waals surface area contributed by atoms with Crippen molar-refractivity contribution in [2.24, 2.45) is 27.6 Å². The molecule has 0 saturated heterocycles. The Kier molecular flexibility index (Phi) is 27.7. The van der Waals surface area contributed by atoms with E-state index in [0.29, 0.717) is 18.5 Å². The van der Waals surface area contributed by atoms with Crippen LogP contribution in [0.1, 0.15) is 174 Å². The van der Waals surface area contributed by atoms with Crippen molar-refractivity contribution in [1.29, 1.82) is 0 Å². The van der Waals surface area contributed by atoms with Crippen molar-refractivity contribution in [2.75, 3.05) is 27.7 Å². The number of imide groups is 5. The number of amides is 10. The van der Waals surface area contributed by atoms with Gasteiger partial charge in [0.15, 0.2) is 0 Å². The van der Waals surface area contributed by atoms with Gasteiger partial charge in [0.1, 0.15) is 0 Å². The molecule has 370 valence electrons. The number of benzene rings is 1. The zero-order chi connectivity index (χ0) is 52.2. The highest BCUT2D eigenvalue weighted by Gasteiger charge is 2.34. The summed E-state index contributed by atoms with van der Waals surface area (Å²) in [4.78, 5) is 120. The van der Waals surface area contributed by atoms with Gasteiger partial charge in [0.2, 0.25) is 53.2 Å². The second-order valence-corrected chi connectivity index (χ2v) is 20.4. The van der Waals surface area contributed by atoms with Crippen molar-refractivity contribution >= 4 is 59.1 Å². The van der Waals surface area contributed by atoms with Gasteiger partial charge in [-0.05, 0) is 45.7 Å². The van der Waals surface area contributed by atoms with Gasteiger partial charge in [-0.3, -0.25) is 72.4 Å². The number of hydrogen-bond acceptors (Lipinski definition) is 10. The maximum Gasteiger partial charge on any atom is 0.260 e. The first kappa shape index (κ1) is 64.2. The summed E-state index contributed by atoms with van der Waals surface area (Å²) in [5.41, 5.74) is -1.42. The van der Waals surface area contributed by atoms with Gasteiger partial charge in [-0.15, -0.1) is 0 Å². The minimum absolute atomic E-state index is 0.00688. The first-order valence-corrected chi connectivity index (χ1v) is 22.4. The molecule has 1 aliphatic rings. The molecule has 1 aromatic rings. The number of rotatable bonds is 5. The van der Waals surface area contributed by atoms with E-state index < -0.39 is 21.7 Å². The van der Waals surface area contributed by atoms with Crippen LogP contribution in [0.2, 0.25) is 0 Å². The molecule has 1 saturated carbocycles. The van der Waals surface area contributed by atoms with Gasteiger partial charge in [-0.1, -0.05) is 121 Å². The normalized spacial score (nSPS) is 12.4. The third-order valence-electron chi connectivity index (χ3n) is 9.67. The molecule has 0 unspecified atom stereocenters. The molecule has 0 aliphatic heterocycles. The Balaban J connectivity index is -0.000000748. The van der Waals surface area contributed by atoms with Gasteiger partial charge < -0.3 is 0 Å². The van der Waals surface area contributed by atoms with E-state index >= 15 is 0 Å². The Morgan fingerprint density at radius 1 is 0.538 bits per heavy atom. The van der Waals surface area contributed by atoms with Crippen LogP contribution in [0.15, 0.2) is 30.3 Å². The Morgan fingerprint density at radius 2 is 0.892 bits per heavy atom. The van der Waals surface area contributed by atoms with Crippen molar-refractivity contribution in [3.8, 4) is 0 Å². The predicted octanol–water partition coefficient (Wildman–Crippen LogP) is 8.18. The molecule has 2 rings (SSSR count). The SMILES string of the molecule is CC(=O)N(C(C)=O)C(C)C.CC(=O)N(C)C(=O)C(C)(C)C.CCC(=O)N(CC)C(=O)C(C)(C)C.CN(C(=O)C1CCCC1)C(=O)C(C)(C)C.CN(C(=O)c1ccccc1)C(=O)C(C)(C)C. The number of carbonyl (C=O) groups is 10. The summed E-state index contributed by atoms with van der Waals surface area (Å²) in [6.45, 7) is 33.5. The van der Waals surface area contributed by atoms with Gasteiger partial charge in [-0.2, -0.15) is 0 Å². The molecular formula is C50H85N5O10. The highest BCUT2D eigenvalue weighted by molar-refractivity contribution is 6.05. The van der Waals surface area contributed by atoms with Crippen LogP contribution in [0.25, 0.3) is 0 Å². The fourth-order valence-electron chi connectivity index (χ4n) is 6.04. The molecular weight excluding hydrogens is 831 g/mol. The van der Waals surface area contributed by atoms with E-state index in [9.17, 15) is 47.9 Å². The van der Waals surface area contributed by atoms with E-state index in [1.807, 2.05) is 68.4 Å². The van der Waals surface area contributed by atoms with Crippen LogP contribution in [0, 0.1) is 27.6 Å². The van der Waals surface area contributed by atoms with Crippen molar-refractivity contribution in [3.63, 3.8) is 0 Å². The third kappa shape index (κ3) is 23.6. The largest absolute Gasteiger partial charge is 0.286 e. The minimum Gasteiger partial charge on any atom is -0.286 e. The minimum atomic E-state index is -0.542. The fraction of sp³-hybridized carbons (Fsp3) is 0.680. The molecule has 1 aromatic carbocycles. The second-order valence-electron chi connectivity index (χ2n) is 20.4. The van der Waals surface area contributed by atoms with Crippen LogP contribution in [0.4, 0.5) is 0 Å². The molecule has 1 aliphatic carbocycles. The molecule has 0 radical (unpaired) electrons. The molecule has 10 amide bonds. The Morgan fingerprint density at radius 3 is 1.15 bits per heavy atom. The Hall–Kier alpha value is -5.08. The van der Waals surface area contributed by atoms with Crippen molar-refractivity contribution < 1.29 is 47.9 Å². The molecule has 15 nitrogen and oxygen atoms in total. The van der Waals surface area contributed by atoms with E-state index in [0.717, 1.165) is 30.6 Å². The second kappa shape index (κ2) is 28.1. The first-order valence-electron chi connectivity index (χ1n) is 22.4. The topological polar surface area (TPSA) is 187 Å². The summed E-state index contributed by atoms with van der Waals surface area (Å²) in [6, 6.07) is 8.77. The summed E-state index contributed by atoms with van der Waals surface area (Å²) in [7, 11) is 4.62. The molecule has 0 bridgehead atoms. The average molecular weight is 916 g/mol. The number of carbonyl (C=O) groups excluding carboxylic acids is 10. The number of hydrogen-bond donors (Lipinski definition) is 0. The van der Waals surface area contributed by atoms with Gasteiger partial charge in [0, 0.05) is 94.1 Å². The molecule has 0 spiro atoms. The van der Waals surface area contributed by atoms with Crippen molar-refractivity contribution in [3.05, 3.63) is 35.9 Å². The summed E-state index contributed by atoms with van der Waals surface area (Å²) < 4.78 is 0. The summed E-state index contributed by atoms with van der Waals surface area (Å²) in [5.74, 6) is -1.38. The maximum absolute atomic E-state index is 11.9. The maximum atomic E-state index is 11.9. The molecule has 0 atom stereocenters. The Labute approximate surface area is 391 Å². The van der Waals surface area contributed by atoms with Gasteiger partial charge in [0.25, 0.3) is 5.91 Å². The van der Waals surface area contributed by atoms with Crippen LogP contribution < -0.4 is 0 Å². The lowest BCUT2D eigenvalue weighted by molar-refractivity contribution is -0.151. The molecule has 65 heavy (non-hydrogen) atoms. The molecule has 0 N–H and O–H groups in total. The monoisotopic (exact) mass is 916 g/mol. The van der Waals surface area contributed by atoms with E-state index in [-0.39, 0.29) is 71.0 Å². The highest BCUT2D eigenvalue weighted by Crippen LogP contribution is 2.28. The van der Waals surface area contributed by atoms with Crippen molar-refractivity contribution in [2.45, 2.75) is 170 Å². The summed E-state index contributed by atoms with van der Waals surface area (Å²) in [5, 5.41) is 0. The zero-order valence-corrected chi connectivity index (χ0v) is 44.1. The van der Waals surface area contributed by atoms with Gasteiger partial charge >= 0.3 is 0 Å². The van der Waals surface area contributed by atoms with E-state index in [1.54, 1.807) is 79.8 Å². The van der Waals surface area contributed by atoms with Crippen LogP contribution in [-0.2, 0) is 43.2 Å². The third-order valence-corrected chi connectivity index (χ3v) is 9.67. The van der Waals surface area contributed by atoms with Gasteiger partial charge in [-0.25, -0.2) is 0 Å². The molecule has 1 fully saturated rings. The average Bonchev–Trinajstić information content (AvgIpc) is 3.73. The molecule has 0 heterocycles. The van der Waals surface area contributed by atoms with E-state index in [1.165, 1.54) is 54.5 Å². The first-order chi connectivity index (χ1) is 29.2. The quantitative estimate of drug-likeness (QED) is 0.279. The summed E-state index contributed by atoms with van der Waals surface area (Å²) in [6.07, 6.45) is 4.51. The van der Waals surface area contributed by atoms with Crippen molar-refractivity contribution in [1.82, 2.24) is 24.5 Å². The predicted molar refractivity (Wildman–Crippen MR) is 256 cm³/mol. The lowest BCUT2D eigenvalue weighted by atomic mass is 9.94. The lowest BCUT2D eigenvalue weighted by Gasteiger charge is -2.26. The highest BCUT2D eigenvalue weighted by atomic mass is 16.2. The van der Waals surface area contributed by atoms with Crippen LogP contribution in [0.5, 0.6) is 0 Å². The van der Waals surface area contributed by atoms with Crippen LogP contribution in [0.3, 0.4) is 0 Å². The zero-order valence-electron chi connectivity index (χ0n) is 44.1. The van der Waals surface area contributed by atoms with Crippen LogP contribution >= 0.6 is 0 Å². The standard InChI is InChI=1S/C13H17NO2.C12H21NO2.C10H19NO2.C8H15NO2.C7H13NO2/c1-13(2,3)12(16)14(4)11(15)10-8-6-5-7-9-10;1-12(2,3)11(15)13(4)10(14)9-7-5-6-8-9;1-6-8(12)11(7-2)9(13)10(3,4)5;1-6(10)9(5)7(11)8(2,3)4;1-5(2)8(6(3)9)7(4)10/h5-9H,1-4H3;9H,5-8H2,1-4H3;6-7H2,1-5H3;1-5H3;5H,1-4H3. The number of nitrogens with zero attached hydrogens (tertiary/aromatic N) is 5. The molecule has 15 heteroatoms. The smallest absolute Gasteiger partial charge is 0.260 e. The van der Waals surface area contributed by atoms with E-state index in [4.69, 9.17) is 0 Å². The van der Waals surface area contributed by atoms with Gasteiger partial charge in [0.05, 0.1) is 0 Å². The van der Waals surface area contributed by atoms with Crippen LogP contribution in [-0.4, -0.2) is 117 Å². The van der Waals surface area contributed by atoms with E-state index in [2.05, 4.69) is 0 Å². The lowest BCUT2D eigenvalue weighted by Crippen LogP contribution is -2.43. The Bertz CT molecular complexity index is 1760. The molecule has 0 aromatic heterocycles. The summed E-state index contributed by atoms with van der Waals surface area (Å²) >= 11 is 0.